The Labute approximate surface area is 185 Å². The number of anilines is 1. The minimum absolute atomic E-state index is 0.0399. The van der Waals surface area contributed by atoms with Crippen molar-refractivity contribution in [2.24, 2.45) is 7.05 Å². The van der Waals surface area contributed by atoms with E-state index in [1.165, 1.54) is 16.3 Å². The lowest BCUT2D eigenvalue weighted by Crippen LogP contribution is -2.32. The lowest BCUT2D eigenvalue weighted by molar-refractivity contribution is -0.116. The molecule has 0 bridgehead atoms. The van der Waals surface area contributed by atoms with Crippen molar-refractivity contribution in [1.82, 2.24) is 9.55 Å². The highest BCUT2D eigenvalue weighted by Gasteiger charge is 2.18. The second kappa shape index (κ2) is 9.18. The number of amides is 1. The Morgan fingerprint density at radius 1 is 1.00 bits per heavy atom. The number of rotatable bonds is 6. The van der Waals surface area contributed by atoms with Gasteiger partial charge in [0.25, 0.3) is 5.56 Å². The van der Waals surface area contributed by atoms with Gasteiger partial charge in [-0.2, -0.15) is 0 Å². The summed E-state index contributed by atoms with van der Waals surface area (Å²) in [5.74, 6) is 0.140. The van der Waals surface area contributed by atoms with E-state index in [9.17, 15) is 9.59 Å². The van der Waals surface area contributed by atoms with E-state index in [-0.39, 0.29) is 17.2 Å². The number of benzene rings is 3. The Morgan fingerprint density at radius 3 is 2.52 bits per heavy atom. The van der Waals surface area contributed by atoms with Crippen LogP contribution in [0.25, 0.3) is 10.9 Å². The van der Waals surface area contributed by atoms with Gasteiger partial charge in [0.1, 0.15) is 0 Å². The molecule has 0 aliphatic rings. The van der Waals surface area contributed by atoms with Crippen molar-refractivity contribution in [2.75, 3.05) is 10.7 Å². The van der Waals surface area contributed by atoms with Gasteiger partial charge in [-0.3, -0.25) is 14.2 Å². The molecule has 31 heavy (non-hydrogen) atoms. The summed E-state index contributed by atoms with van der Waals surface area (Å²) in [6.45, 7) is 2.49. The summed E-state index contributed by atoms with van der Waals surface area (Å²) >= 11 is 1.28. The minimum Gasteiger partial charge on any atom is -0.307 e. The minimum atomic E-state index is -0.111. The number of hydrogen-bond acceptors (Lipinski definition) is 4. The molecular weight excluding hydrogens is 406 g/mol. The van der Waals surface area contributed by atoms with Crippen molar-refractivity contribution in [1.29, 1.82) is 0 Å². The molecule has 0 spiro atoms. The molecule has 1 heterocycles. The Bertz CT molecular complexity index is 1280. The Hall–Kier alpha value is -3.38. The zero-order chi connectivity index (χ0) is 21.8. The number of carbonyl (C=O) groups is 1. The van der Waals surface area contributed by atoms with Gasteiger partial charge in [-0.15, -0.1) is 0 Å². The lowest BCUT2D eigenvalue weighted by Gasteiger charge is -2.23. The first kappa shape index (κ1) is 20.9. The molecule has 6 heteroatoms. The van der Waals surface area contributed by atoms with Crippen LogP contribution in [-0.2, 0) is 18.4 Å². The predicted molar refractivity (Wildman–Crippen MR) is 127 cm³/mol. The number of aromatic nitrogens is 2. The molecule has 1 amide bonds. The van der Waals surface area contributed by atoms with E-state index in [1.807, 2.05) is 79.7 Å². The fourth-order valence-corrected chi connectivity index (χ4v) is 4.26. The van der Waals surface area contributed by atoms with Gasteiger partial charge in [0.05, 0.1) is 23.2 Å². The van der Waals surface area contributed by atoms with Crippen LogP contribution in [0.15, 0.2) is 88.8 Å². The summed E-state index contributed by atoms with van der Waals surface area (Å²) in [5, 5.41) is 1.10. The molecule has 1 aromatic heterocycles. The van der Waals surface area contributed by atoms with E-state index in [1.54, 1.807) is 18.0 Å². The predicted octanol–water partition coefficient (Wildman–Crippen LogP) is 4.57. The molecule has 0 radical (unpaired) electrons. The van der Waals surface area contributed by atoms with Crippen LogP contribution in [0.5, 0.6) is 0 Å². The van der Waals surface area contributed by atoms with E-state index >= 15 is 0 Å². The van der Waals surface area contributed by atoms with Crippen molar-refractivity contribution >= 4 is 34.3 Å². The summed E-state index contributed by atoms with van der Waals surface area (Å²) < 4.78 is 1.51. The summed E-state index contributed by atoms with van der Waals surface area (Å²) in [6, 6.07) is 25.1. The zero-order valence-electron chi connectivity index (χ0n) is 17.5. The molecule has 0 aliphatic heterocycles. The summed E-state index contributed by atoms with van der Waals surface area (Å²) in [7, 11) is 1.69. The molecular formula is C25H23N3O2S. The molecule has 0 aliphatic carbocycles. The Balaban J connectivity index is 1.60. The van der Waals surface area contributed by atoms with Crippen molar-refractivity contribution in [2.45, 2.75) is 18.6 Å². The molecule has 4 aromatic rings. The van der Waals surface area contributed by atoms with Crippen LogP contribution in [-0.4, -0.2) is 21.2 Å². The average Bonchev–Trinajstić information content (AvgIpc) is 2.79. The number of nitrogens with zero attached hydrogens (tertiary/aromatic N) is 3. The number of carbonyl (C=O) groups excluding carboxylic acids is 1. The number of para-hydroxylation sites is 1. The van der Waals surface area contributed by atoms with Gasteiger partial charge >= 0.3 is 0 Å². The van der Waals surface area contributed by atoms with E-state index in [2.05, 4.69) is 4.98 Å². The molecule has 3 aromatic carbocycles. The van der Waals surface area contributed by atoms with E-state index < -0.39 is 0 Å². The van der Waals surface area contributed by atoms with Gasteiger partial charge < -0.3 is 4.90 Å². The van der Waals surface area contributed by atoms with Crippen LogP contribution in [0.4, 0.5) is 5.69 Å². The third-order valence-corrected chi connectivity index (χ3v) is 6.08. The van der Waals surface area contributed by atoms with Crippen LogP contribution in [0.3, 0.4) is 0 Å². The smallest absolute Gasteiger partial charge is 0.261 e. The fraction of sp³-hybridized carbons (Fsp3) is 0.160. The molecule has 0 saturated heterocycles. The number of aryl methyl sites for hydroxylation is 1. The third kappa shape index (κ3) is 4.70. The first-order valence-corrected chi connectivity index (χ1v) is 11.0. The average molecular weight is 430 g/mol. The van der Waals surface area contributed by atoms with Crippen molar-refractivity contribution in [3.8, 4) is 0 Å². The third-order valence-electron chi connectivity index (χ3n) is 5.06. The lowest BCUT2D eigenvalue weighted by atomic mass is 10.1. The monoisotopic (exact) mass is 429 g/mol. The molecule has 0 atom stereocenters. The first-order valence-electron chi connectivity index (χ1n) is 10.0. The zero-order valence-corrected chi connectivity index (χ0v) is 18.3. The van der Waals surface area contributed by atoms with Crippen LogP contribution in [0.1, 0.15) is 11.1 Å². The maximum Gasteiger partial charge on any atom is 0.261 e. The molecule has 0 N–H and O–H groups in total. The van der Waals surface area contributed by atoms with Crippen LogP contribution in [0, 0.1) is 6.92 Å². The second-order valence-electron chi connectivity index (χ2n) is 7.37. The topological polar surface area (TPSA) is 55.2 Å². The standard InChI is InChI=1S/C25H23N3O2S/c1-18-9-8-12-20(15-18)28(16-19-10-4-3-5-11-19)23(29)17-31-25-26-22-14-7-6-13-21(22)24(30)27(25)2/h3-15H,16-17H2,1-2H3. The van der Waals surface area contributed by atoms with Crippen molar-refractivity contribution in [3.63, 3.8) is 0 Å². The van der Waals surface area contributed by atoms with Gasteiger partial charge in [0, 0.05) is 12.7 Å². The maximum absolute atomic E-state index is 13.3. The fourth-order valence-electron chi connectivity index (χ4n) is 3.42. The second-order valence-corrected chi connectivity index (χ2v) is 8.31. The molecule has 4 rings (SSSR count). The van der Waals surface area contributed by atoms with Crippen LogP contribution >= 0.6 is 11.8 Å². The SMILES string of the molecule is Cc1cccc(N(Cc2ccccc2)C(=O)CSc2nc3ccccc3c(=O)n2C)c1. The molecule has 0 saturated carbocycles. The van der Waals surface area contributed by atoms with E-state index in [0.717, 1.165) is 16.8 Å². The molecule has 156 valence electrons. The van der Waals surface area contributed by atoms with Gasteiger partial charge in [-0.25, -0.2) is 4.98 Å². The normalized spacial score (nSPS) is 10.9. The summed E-state index contributed by atoms with van der Waals surface area (Å²) in [4.78, 5) is 32.3. The highest BCUT2D eigenvalue weighted by Crippen LogP contribution is 2.23. The Kier molecular flexibility index (Phi) is 6.18. The maximum atomic E-state index is 13.3. The summed E-state index contributed by atoms with van der Waals surface area (Å²) in [6.07, 6.45) is 0. The van der Waals surface area contributed by atoms with Gasteiger partial charge in [-0.05, 0) is 42.3 Å². The van der Waals surface area contributed by atoms with Crippen LogP contribution in [0.2, 0.25) is 0 Å². The Morgan fingerprint density at radius 2 is 1.74 bits per heavy atom. The van der Waals surface area contributed by atoms with E-state index in [4.69, 9.17) is 0 Å². The number of hydrogen-bond donors (Lipinski definition) is 0. The van der Waals surface area contributed by atoms with E-state index in [0.29, 0.717) is 22.6 Å². The molecule has 5 nitrogen and oxygen atoms in total. The molecule has 0 unspecified atom stereocenters. The van der Waals surface area contributed by atoms with Gasteiger partial charge in [0.2, 0.25) is 5.91 Å². The highest BCUT2D eigenvalue weighted by atomic mass is 32.2. The van der Waals surface area contributed by atoms with Crippen molar-refractivity contribution < 1.29 is 4.79 Å². The van der Waals surface area contributed by atoms with Gasteiger partial charge in [-0.1, -0.05) is 66.4 Å². The number of thioether (sulfide) groups is 1. The first-order chi connectivity index (χ1) is 15.0. The van der Waals surface area contributed by atoms with Gasteiger partial charge in [0.15, 0.2) is 5.16 Å². The quantitative estimate of drug-likeness (QED) is 0.333. The largest absolute Gasteiger partial charge is 0.307 e. The molecule has 0 fully saturated rings. The van der Waals surface area contributed by atoms with Crippen molar-refractivity contribution in [3.05, 3.63) is 100 Å². The highest BCUT2D eigenvalue weighted by molar-refractivity contribution is 7.99. The summed E-state index contributed by atoms with van der Waals surface area (Å²) in [5.41, 5.74) is 3.53. The van der Waals surface area contributed by atoms with Crippen LogP contribution < -0.4 is 10.5 Å². The number of fused-ring (bicyclic) bond motifs is 1.